The maximum atomic E-state index is 12.7. The standard InChI is InChI=1S/C18H30N4O/c1-15-5-4-6-17(13-15)22-12-11-21(14-16(22)2)18(23)20-9-7-19(3)8-10-20/h6,13,16H,4-5,7-12,14H2,1-3H3. The summed E-state index contributed by atoms with van der Waals surface area (Å²) in [6.07, 6.45) is 6.99. The Hall–Kier alpha value is -1.49. The number of amides is 2. The molecule has 3 rings (SSSR count). The van der Waals surface area contributed by atoms with E-state index in [-0.39, 0.29) is 6.03 Å². The van der Waals surface area contributed by atoms with E-state index in [4.69, 9.17) is 0 Å². The molecule has 2 amide bonds. The molecular weight excluding hydrogens is 288 g/mol. The lowest BCUT2D eigenvalue weighted by Gasteiger charge is -2.44. The van der Waals surface area contributed by atoms with Gasteiger partial charge in [-0.2, -0.15) is 0 Å². The third-order valence-electron chi connectivity index (χ3n) is 5.29. The normalized spacial score (nSPS) is 26.9. The summed E-state index contributed by atoms with van der Waals surface area (Å²) in [7, 11) is 2.12. The Morgan fingerprint density at radius 2 is 1.78 bits per heavy atom. The molecule has 23 heavy (non-hydrogen) atoms. The molecule has 1 aliphatic carbocycles. The van der Waals surface area contributed by atoms with E-state index >= 15 is 0 Å². The van der Waals surface area contributed by atoms with Crippen molar-refractivity contribution in [3.63, 3.8) is 0 Å². The molecule has 2 aliphatic heterocycles. The minimum Gasteiger partial charge on any atom is -0.366 e. The molecule has 5 nitrogen and oxygen atoms in total. The summed E-state index contributed by atoms with van der Waals surface area (Å²) in [4.78, 5) is 21.6. The van der Waals surface area contributed by atoms with E-state index in [0.29, 0.717) is 6.04 Å². The third kappa shape index (κ3) is 3.71. The number of allylic oxidation sites excluding steroid dienone is 3. The molecule has 0 aromatic rings. The molecule has 128 valence electrons. The second kappa shape index (κ2) is 6.95. The second-order valence-electron chi connectivity index (χ2n) is 7.22. The SMILES string of the molecule is CC1=CC(N2CCN(C(=O)N3CCN(C)CC3)CC2C)=CCC1. The zero-order valence-electron chi connectivity index (χ0n) is 14.8. The number of likely N-dealkylation sites (N-methyl/N-ethyl adjacent to an activating group) is 1. The van der Waals surface area contributed by atoms with Crippen LogP contribution in [0, 0.1) is 0 Å². The number of urea groups is 1. The van der Waals surface area contributed by atoms with Gasteiger partial charge < -0.3 is 19.6 Å². The van der Waals surface area contributed by atoms with Crippen molar-refractivity contribution in [2.24, 2.45) is 0 Å². The van der Waals surface area contributed by atoms with Gasteiger partial charge in [0, 0.05) is 57.6 Å². The summed E-state index contributed by atoms with van der Waals surface area (Å²) in [6.45, 7) is 10.7. The van der Waals surface area contributed by atoms with Gasteiger partial charge in [0.1, 0.15) is 0 Å². The van der Waals surface area contributed by atoms with Gasteiger partial charge in [0.25, 0.3) is 0 Å². The van der Waals surface area contributed by atoms with Gasteiger partial charge in [-0.15, -0.1) is 0 Å². The van der Waals surface area contributed by atoms with Crippen LogP contribution in [0.1, 0.15) is 26.7 Å². The molecule has 1 unspecified atom stereocenters. The van der Waals surface area contributed by atoms with Crippen LogP contribution in [0.2, 0.25) is 0 Å². The predicted octanol–water partition coefficient (Wildman–Crippen LogP) is 1.98. The highest BCUT2D eigenvalue weighted by molar-refractivity contribution is 5.74. The number of carbonyl (C=O) groups excluding carboxylic acids is 1. The number of rotatable bonds is 1. The lowest BCUT2D eigenvalue weighted by Crippen LogP contribution is -2.58. The fourth-order valence-electron chi connectivity index (χ4n) is 3.74. The molecule has 2 saturated heterocycles. The predicted molar refractivity (Wildman–Crippen MR) is 93.3 cm³/mol. The molecule has 0 aromatic carbocycles. The number of carbonyl (C=O) groups is 1. The van der Waals surface area contributed by atoms with E-state index in [9.17, 15) is 4.79 Å². The average Bonchev–Trinajstić information content (AvgIpc) is 2.55. The lowest BCUT2D eigenvalue weighted by atomic mass is 10.0. The summed E-state index contributed by atoms with van der Waals surface area (Å²) < 4.78 is 0. The molecule has 1 atom stereocenters. The van der Waals surface area contributed by atoms with Crippen LogP contribution >= 0.6 is 0 Å². The number of nitrogens with zero attached hydrogens (tertiary/aromatic N) is 4. The minimum atomic E-state index is 0.231. The van der Waals surface area contributed by atoms with Crippen LogP contribution < -0.4 is 0 Å². The van der Waals surface area contributed by atoms with Crippen LogP contribution in [-0.2, 0) is 0 Å². The fraction of sp³-hybridized carbons (Fsp3) is 0.722. The van der Waals surface area contributed by atoms with E-state index in [1.54, 1.807) is 0 Å². The van der Waals surface area contributed by atoms with Gasteiger partial charge in [-0.05, 0) is 39.8 Å². The van der Waals surface area contributed by atoms with Crippen LogP contribution in [0.3, 0.4) is 0 Å². The van der Waals surface area contributed by atoms with Crippen LogP contribution in [0.4, 0.5) is 4.79 Å². The van der Waals surface area contributed by atoms with E-state index in [1.807, 2.05) is 9.80 Å². The molecule has 2 fully saturated rings. The summed E-state index contributed by atoms with van der Waals surface area (Å²) >= 11 is 0. The molecule has 0 saturated carbocycles. The number of piperazine rings is 2. The van der Waals surface area contributed by atoms with Crippen LogP contribution in [0.25, 0.3) is 0 Å². The zero-order chi connectivity index (χ0) is 16.4. The molecule has 0 bridgehead atoms. The summed E-state index contributed by atoms with van der Waals surface area (Å²) in [6, 6.07) is 0.613. The Morgan fingerprint density at radius 1 is 1.09 bits per heavy atom. The van der Waals surface area contributed by atoms with Gasteiger partial charge >= 0.3 is 6.03 Å². The Balaban J connectivity index is 1.58. The van der Waals surface area contributed by atoms with Gasteiger partial charge in [-0.25, -0.2) is 4.79 Å². The first kappa shape index (κ1) is 16.4. The third-order valence-corrected chi connectivity index (χ3v) is 5.29. The van der Waals surface area contributed by atoms with Gasteiger partial charge in [-0.3, -0.25) is 0 Å². The Bertz CT molecular complexity index is 505. The van der Waals surface area contributed by atoms with Crippen molar-refractivity contribution in [1.29, 1.82) is 0 Å². The van der Waals surface area contributed by atoms with Gasteiger partial charge in [0.2, 0.25) is 0 Å². The number of hydrogen-bond acceptors (Lipinski definition) is 3. The topological polar surface area (TPSA) is 30.0 Å². The van der Waals surface area contributed by atoms with Crippen LogP contribution in [-0.4, -0.2) is 84.5 Å². The van der Waals surface area contributed by atoms with Crippen LogP contribution in [0.5, 0.6) is 0 Å². The maximum absolute atomic E-state index is 12.7. The molecule has 0 aromatic heterocycles. The van der Waals surface area contributed by atoms with Crippen molar-refractivity contribution in [3.05, 3.63) is 23.4 Å². The molecule has 0 N–H and O–H groups in total. The highest BCUT2D eigenvalue weighted by Gasteiger charge is 2.31. The van der Waals surface area contributed by atoms with Crippen molar-refractivity contribution >= 4 is 6.03 Å². The lowest BCUT2D eigenvalue weighted by molar-refractivity contribution is 0.0867. The Kier molecular flexibility index (Phi) is 4.95. The summed E-state index contributed by atoms with van der Waals surface area (Å²) in [5, 5.41) is 0. The first-order valence-electron chi connectivity index (χ1n) is 8.91. The van der Waals surface area contributed by atoms with Crippen molar-refractivity contribution in [3.8, 4) is 0 Å². The van der Waals surface area contributed by atoms with E-state index in [0.717, 1.165) is 52.2 Å². The monoisotopic (exact) mass is 318 g/mol. The Morgan fingerprint density at radius 3 is 2.43 bits per heavy atom. The quantitative estimate of drug-likeness (QED) is 0.740. The fourth-order valence-corrected chi connectivity index (χ4v) is 3.74. The van der Waals surface area contributed by atoms with Crippen molar-refractivity contribution < 1.29 is 4.79 Å². The first-order valence-corrected chi connectivity index (χ1v) is 8.91. The second-order valence-corrected chi connectivity index (χ2v) is 7.22. The van der Waals surface area contributed by atoms with Crippen molar-refractivity contribution in [2.45, 2.75) is 32.7 Å². The van der Waals surface area contributed by atoms with Gasteiger partial charge in [0.15, 0.2) is 0 Å². The highest BCUT2D eigenvalue weighted by Crippen LogP contribution is 2.24. The Labute approximate surface area is 140 Å². The van der Waals surface area contributed by atoms with E-state index in [1.165, 1.54) is 17.7 Å². The average molecular weight is 318 g/mol. The van der Waals surface area contributed by atoms with Crippen LogP contribution in [0.15, 0.2) is 23.4 Å². The smallest absolute Gasteiger partial charge is 0.320 e. The summed E-state index contributed by atoms with van der Waals surface area (Å²) in [5.74, 6) is 0. The van der Waals surface area contributed by atoms with E-state index < -0.39 is 0 Å². The molecule has 3 aliphatic rings. The molecule has 2 heterocycles. The first-order chi connectivity index (χ1) is 11.0. The zero-order valence-corrected chi connectivity index (χ0v) is 14.8. The van der Waals surface area contributed by atoms with Crippen molar-refractivity contribution in [2.75, 3.05) is 52.9 Å². The highest BCUT2D eigenvalue weighted by atomic mass is 16.2. The van der Waals surface area contributed by atoms with Gasteiger partial charge in [0.05, 0.1) is 0 Å². The maximum Gasteiger partial charge on any atom is 0.320 e. The molecular formula is C18H30N4O. The largest absolute Gasteiger partial charge is 0.366 e. The number of hydrogen-bond donors (Lipinski definition) is 0. The molecule has 5 heteroatoms. The molecule has 0 spiro atoms. The van der Waals surface area contributed by atoms with Crippen molar-refractivity contribution in [1.82, 2.24) is 19.6 Å². The molecule has 0 radical (unpaired) electrons. The minimum absolute atomic E-state index is 0.231. The van der Waals surface area contributed by atoms with Gasteiger partial charge in [-0.1, -0.05) is 11.6 Å². The summed E-state index contributed by atoms with van der Waals surface area (Å²) in [5.41, 5.74) is 2.82. The van der Waals surface area contributed by atoms with E-state index in [2.05, 4.69) is 42.8 Å².